The van der Waals surface area contributed by atoms with Gasteiger partial charge >= 0.3 is 0 Å². The molecular weight excluding hydrogens is 211 g/mol. The molecule has 0 aliphatic rings. The lowest BCUT2D eigenvalue weighted by atomic mass is 10.4. The predicted molar refractivity (Wildman–Crippen MR) is 49.9 cm³/mol. The number of fused-ring (bicyclic) bond motifs is 1. The highest BCUT2D eigenvalue weighted by Crippen LogP contribution is 2.19. The average molecular weight is 215 g/mol. The van der Waals surface area contributed by atoms with Crippen LogP contribution in [0.5, 0.6) is 0 Å². The Balaban J connectivity index is 2.86. The van der Waals surface area contributed by atoms with Crippen molar-refractivity contribution in [3.63, 3.8) is 0 Å². The normalized spacial score (nSPS) is 10.7. The van der Waals surface area contributed by atoms with Gasteiger partial charge in [0, 0.05) is 6.20 Å². The maximum Gasteiger partial charge on any atom is 0.225 e. The molecule has 2 heterocycles. The third-order valence-corrected chi connectivity index (χ3v) is 1.96. The Bertz CT molecular complexity index is 466. The maximum atomic E-state index is 5.80. The van der Waals surface area contributed by atoms with Crippen LogP contribution in [0.2, 0.25) is 10.4 Å². The van der Waals surface area contributed by atoms with Gasteiger partial charge in [0.15, 0.2) is 5.65 Å². The summed E-state index contributed by atoms with van der Waals surface area (Å²) >= 11 is 11.4. The van der Waals surface area contributed by atoms with Gasteiger partial charge in [0.25, 0.3) is 0 Å². The first-order valence-corrected chi connectivity index (χ1v) is 4.25. The highest BCUT2D eigenvalue weighted by molar-refractivity contribution is 6.35. The number of aryl methyl sites for hydroxylation is 1. The number of rotatable bonds is 0. The topological polar surface area (TPSA) is 51.6 Å². The van der Waals surface area contributed by atoms with Crippen LogP contribution in [0.25, 0.3) is 11.0 Å². The number of aromatic nitrogens is 4. The first-order valence-electron chi connectivity index (χ1n) is 3.49. The first kappa shape index (κ1) is 8.59. The molecule has 0 atom stereocenters. The number of halogens is 2. The molecule has 0 aliphatic heterocycles. The van der Waals surface area contributed by atoms with Gasteiger partial charge in [-0.1, -0.05) is 11.6 Å². The van der Waals surface area contributed by atoms with Crippen LogP contribution in [0.3, 0.4) is 0 Å². The van der Waals surface area contributed by atoms with Gasteiger partial charge in [-0.25, -0.2) is 15.0 Å². The van der Waals surface area contributed by atoms with E-state index in [1.54, 1.807) is 13.1 Å². The lowest BCUT2D eigenvalue weighted by molar-refractivity contribution is 1.06. The number of hydrogen-bond acceptors (Lipinski definition) is 4. The summed E-state index contributed by atoms with van der Waals surface area (Å²) in [6, 6.07) is 0. The molecule has 2 rings (SSSR count). The van der Waals surface area contributed by atoms with Gasteiger partial charge in [-0.15, -0.1) is 0 Å². The van der Waals surface area contributed by atoms with Crippen molar-refractivity contribution in [3.8, 4) is 0 Å². The summed E-state index contributed by atoms with van der Waals surface area (Å²) < 4.78 is 0. The molecule has 2 aromatic rings. The SMILES string of the molecule is Cc1ncc2c(Cl)nc(Cl)nc2n1. The second kappa shape index (κ2) is 3.05. The zero-order valence-corrected chi connectivity index (χ0v) is 8.13. The minimum Gasteiger partial charge on any atom is -0.241 e. The van der Waals surface area contributed by atoms with Gasteiger partial charge in [0.05, 0.1) is 5.39 Å². The molecule has 0 unspecified atom stereocenters. The summed E-state index contributed by atoms with van der Waals surface area (Å²) in [5, 5.41) is 0.974. The zero-order valence-electron chi connectivity index (χ0n) is 6.62. The van der Waals surface area contributed by atoms with E-state index in [0.29, 0.717) is 16.9 Å². The van der Waals surface area contributed by atoms with E-state index in [9.17, 15) is 0 Å². The van der Waals surface area contributed by atoms with Crippen LogP contribution in [0.1, 0.15) is 5.82 Å². The Morgan fingerprint density at radius 1 is 1.15 bits per heavy atom. The summed E-state index contributed by atoms with van der Waals surface area (Å²) in [5.41, 5.74) is 0.470. The minimum atomic E-state index is 0.0931. The standard InChI is InChI=1S/C7H4Cl2N4/c1-3-10-2-4-5(8)12-7(9)13-6(4)11-3/h2H,1H3. The van der Waals surface area contributed by atoms with Crippen LogP contribution in [0, 0.1) is 6.92 Å². The molecule has 0 aliphatic carbocycles. The van der Waals surface area contributed by atoms with Crippen molar-refractivity contribution in [1.82, 2.24) is 19.9 Å². The number of nitrogens with zero attached hydrogens (tertiary/aromatic N) is 4. The van der Waals surface area contributed by atoms with Gasteiger partial charge in [-0.3, -0.25) is 0 Å². The molecule has 0 radical (unpaired) electrons. The summed E-state index contributed by atoms with van der Waals surface area (Å²) in [4.78, 5) is 15.7. The van der Waals surface area contributed by atoms with Crippen LogP contribution in [-0.2, 0) is 0 Å². The van der Waals surface area contributed by atoms with Crippen LogP contribution in [-0.4, -0.2) is 19.9 Å². The third-order valence-electron chi connectivity index (χ3n) is 1.50. The highest BCUT2D eigenvalue weighted by atomic mass is 35.5. The molecule has 0 aromatic carbocycles. The first-order chi connectivity index (χ1) is 6.16. The van der Waals surface area contributed by atoms with Crippen molar-refractivity contribution >= 4 is 34.2 Å². The fraction of sp³-hybridized carbons (Fsp3) is 0.143. The zero-order chi connectivity index (χ0) is 9.42. The maximum absolute atomic E-state index is 5.80. The smallest absolute Gasteiger partial charge is 0.225 e. The van der Waals surface area contributed by atoms with Crippen LogP contribution in [0.4, 0.5) is 0 Å². The Hall–Kier alpha value is -1.00. The fourth-order valence-electron chi connectivity index (χ4n) is 0.942. The molecule has 6 heteroatoms. The molecular formula is C7H4Cl2N4. The van der Waals surface area contributed by atoms with Gasteiger partial charge in [-0.05, 0) is 18.5 Å². The largest absolute Gasteiger partial charge is 0.241 e. The van der Waals surface area contributed by atoms with E-state index < -0.39 is 0 Å². The second-order valence-electron chi connectivity index (χ2n) is 2.44. The fourth-order valence-corrected chi connectivity index (χ4v) is 1.36. The van der Waals surface area contributed by atoms with E-state index in [1.807, 2.05) is 0 Å². The summed E-state index contributed by atoms with van der Waals surface area (Å²) in [6.07, 6.45) is 1.58. The molecule has 2 aromatic heterocycles. The van der Waals surface area contributed by atoms with Crippen molar-refractivity contribution in [3.05, 3.63) is 22.5 Å². The van der Waals surface area contributed by atoms with Crippen molar-refractivity contribution in [2.45, 2.75) is 6.92 Å². The van der Waals surface area contributed by atoms with E-state index >= 15 is 0 Å². The van der Waals surface area contributed by atoms with Crippen LogP contribution >= 0.6 is 23.2 Å². The molecule has 0 fully saturated rings. The quantitative estimate of drug-likeness (QED) is 0.498. The average Bonchev–Trinajstić information content (AvgIpc) is 2.02. The van der Waals surface area contributed by atoms with E-state index in [4.69, 9.17) is 23.2 Å². The van der Waals surface area contributed by atoms with Crippen LogP contribution < -0.4 is 0 Å². The van der Waals surface area contributed by atoms with Crippen molar-refractivity contribution in [2.75, 3.05) is 0 Å². The third kappa shape index (κ3) is 1.55. The van der Waals surface area contributed by atoms with E-state index in [0.717, 1.165) is 0 Å². The molecule has 66 valence electrons. The Kier molecular flexibility index (Phi) is 2.01. The molecule has 0 N–H and O–H groups in total. The second-order valence-corrected chi connectivity index (χ2v) is 3.13. The van der Waals surface area contributed by atoms with Gasteiger partial charge in [-0.2, -0.15) is 4.98 Å². The molecule has 13 heavy (non-hydrogen) atoms. The Labute approximate surface area is 84.0 Å². The molecule has 4 nitrogen and oxygen atoms in total. The van der Waals surface area contributed by atoms with Crippen molar-refractivity contribution < 1.29 is 0 Å². The number of hydrogen-bond donors (Lipinski definition) is 0. The van der Waals surface area contributed by atoms with Gasteiger partial charge < -0.3 is 0 Å². The van der Waals surface area contributed by atoms with Crippen LogP contribution in [0.15, 0.2) is 6.20 Å². The van der Waals surface area contributed by atoms with Gasteiger partial charge in [0.1, 0.15) is 11.0 Å². The van der Waals surface area contributed by atoms with Crippen molar-refractivity contribution in [1.29, 1.82) is 0 Å². The molecule has 0 amide bonds. The monoisotopic (exact) mass is 214 g/mol. The highest BCUT2D eigenvalue weighted by Gasteiger charge is 2.05. The van der Waals surface area contributed by atoms with Crippen molar-refractivity contribution in [2.24, 2.45) is 0 Å². The molecule has 0 bridgehead atoms. The molecule has 0 saturated carbocycles. The summed E-state index contributed by atoms with van der Waals surface area (Å²) in [5.74, 6) is 0.623. The van der Waals surface area contributed by atoms with E-state index in [-0.39, 0.29) is 10.4 Å². The Morgan fingerprint density at radius 3 is 2.69 bits per heavy atom. The molecule has 0 spiro atoms. The van der Waals surface area contributed by atoms with E-state index in [1.165, 1.54) is 0 Å². The summed E-state index contributed by atoms with van der Waals surface area (Å²) in [6.45, 7) is 1.77. The minimum absolute atomic E-state index is 0.0931. The Morgan fingerprint density at radius 2 is 1.92 bits per heavy atom. The van der Waals surface area contributed by atoms with Gasteiger partial charge in [0.2, 0.25) is 5.28 Å². The van der Waals surface area contributed by atoms with E-state index in [2.05, 4.69) is 19.9 Å². The predicted octanol–water partition coefficient (Wildman–Crippen LogP) is 2.04. The lowest BCUT2D eigenvalue weighted by Crippen LogP contribution is -1.93. The lowest BCUT2D eigenvalue weighted by Gasteiger charge is -1.98. The summed E-state index contributed by atoms with van der Waals surface area (Å²) in [7, 11) is 0. The molecule has 0 saturated heterocycles.